The van der Waals surface area contributed by atoms with Crippen LogP contribution in [-0.2, 0) is 20.9 Å². The van der Waals surface area contributed by atoms with Crippen molar-refractivity contribution in [2.75, 3.05) is 19.0 Å². The third kappa shape index (κ3) is 6.66. The molecular formula is C21H21N3O5. The molecule has 2 rings (SSSR count). The number of ether oxygens (including phenoxy) is 3. The lowest BCUT2D eigenvalue weighted by atomic mass is 10.2. The quantitative estimate of drug-likeness (QED) is 0.537. The summed E-state index contributed by atoms with van der Waals surface area (Å²) in [4.78, 5) is 27.9. The lowest BCUT2D eigenvalue weighted by molar-refractivity contribution is -0.143. The van der Waals surface area contributed by atoms with Crippen LogP contribution >= 0.6 is 0 Å². The summed E-state index contributed by atoms with van der Waals surface area (Å²) in [6, 6.07) is 15.9. The largest absolute Gasteiger partial charge is 0.495 e. The molecule has 150 valence electrons. The molecule has 0 heterocycles. The van der Waals surface area contributed by atoms with Gasteiger partial charge in [0.2, 0.25) is 0 Å². The Morgan fingerprint density at radius 2 is 1.97 bits per heavy atom. The van der Waals surface area contributed by atoms with Gasteiger partial charge in [-0.25, -0.2) is 4.79 Å². The molecule has 8 heteroatoms. The van der Waals surface area contributed by atoms with Gasteiger partial charge in [0.1, 0.15) is 12.4 Å². The van der Waals surface area contributed by atoms with Crippen LogP contribution in [0.15, 0.2) is 53.5 Å². The standard InChI is InChI=1S/C21H21N3O5/c1-3-28-20(25)16(12-22)13-23-17-9-10-19(27-2)18(11-17)24-21(26)29-14-15-7-5-4-6-8-15/h4-11,13,16H,3,14H2,1-2H3,(H,24,26). The molecule has 0 fully saturated rings. The van der Waals surface area contributed by atoms with Crippen LogP contribution in [0.1, 0.15) is 12.5 Å². The van der Waals surface area contributed by atoms with Crippen molar-refractivity contribution in [3.05, 3.63) is 54.1 Å². The van der Waals surface area contributed by atoms with Gasteiger partial charge < -0.3 is 14.2 Å². The zero-order valence-electron chi connectivity index (χ0n) is 16.1. The number of aliphatic imine (C=N–C) groups is 1. The molecule has 0 aliphatic heterocycles. The molecule has 1 N–H and O–H groups in total. The minimum Gasteiger partial charge on any atom is -0.495 e. The van der Waals surface area contributed by atoms with E-state index in [1.165, 1.54) is 13.3 Å². The second-order valence-corrected chi connectivity index (χ2v) is 5.71. The smallest absolute Gasteiger partial charge is 0.412 e. The van der Waals surface area contributed by atoms with Gasteiger partial charge in [0.05, 0.1) is 31.2 Å². The number of hydrogen-bond acceptors (Lipinski definition) is 7. The molecule has 1 unspecified atom stereocenters. The molecule has 2 aromatic carbocycles. The monoisotopic (exact) mass is 395 g/mol. The number of methoxy groups -OCH3 is 1. The number of rotatable bonds is 8. The van der Waals surface area contributed by atoms with E-state index in [1.807, 2.05) is 36.4 Å². The van der Waals surface area contributed by atoms with E-state index in [0.717, 1.165) is 5.56 Å². The van der Waals surface area contributed by atoms with Gasteiger partial charge in [0, 0.05) is 6.21 Å². The average Bonchev–Trinajstić information content (AvgIpc) is 2.74. The molecule has 1 atom stereocenters. The molecule has 1 amide bonds. The first-order valence-corrected chi connectivity index (χ1v) is 8.83. The highest BCUT2D eigenvalue weighted by molar-refractivity contribution is 5.94. The number of amides is 1. The van der Waals surface area contributed by atoms with Crippen molar-refractivity contribution in [1.82, 2.24) is 0 Å². The Morgan fingerprint density at radius 3 is 2.62 bits per heavy atom. The van der Waals surface area contributed by atoms with E-state index in [2.05, 4.69) is 10.3 Å². The van der Waals surface area contributed by atoms with Crippen molar-refractivity contribution in [3.63, 3.8) is 0 Å². The van der Waals surface area contributed by atoms with E-state index >= 15 is 0 Å². The second-order valence-electron chi connectivity index (χ2n) is 5.71. The van der Waals surface area contributed by atoms with Gasteiger partial charge >= 0.3 is 12.1 Å². The van der Waals surface area contributed by atoms with Crippen molar-refractivity contribution in [3.8, 4) is 11.8 Å². The van der Waals surface area contributed by atoms with Gasteiger partial charge in [-0.3, -0.25) is 15.1 Å². The van der Waals surface area contributed by atoms with Gasteiger partial charge in [-0.15, -0.1) is 0 Å². The summed E-state index contributed by atoms with van der Waals surface area (Å²) in [6.45, 7) is 1.95. The summed E-state index contributed by atoms with van der Waals surface area (Å²) >= 11 is 0. The van der Waals surface area contributed by atoms with Crippen molar-refractivity contribution >= 4 is 29.7 Å². The minimum absolute atomic E-state index is 0.121. The van der Waals surface area contributed by atoms with E-state index in [-0.39, 0.29) is 13.2 Å². The number of nitrogens with one attached hydrogen (secondary N) is 1. The Labute approximate surface area is 168 Å². The number of carbonyl (C=O) groups is 2. The number of nitrogens with zero attached hydrogens (tertiary/aromatic N) is 2. The van der Waals surface area contributed by atoms with Gasteiger partial charge in [-0.1, -0.05) is 30.3 Å². The predicted octanol–water partition coefficient (Wildman–Crippen LogP) is 3.85. The third-order valence-electron chi connectivity index (χ3n) is 3.68. The van der Waals surface area contributed by atoms with E-state index in [9.17, 15) is 9.59 Å². The highest BCUT2D eigenvalue weighted by Gasteiger charge is 2.16. The molecule has 29 heavy (non-hydrogen) atoms. The molecule has 0 aliphatic carbocycles. The van der Waals surface area contributed by atoms with Crippen LogP contribution in [-0.4, -0.2) is 32.0 Å². The fraction of sp³-hybridized carbons (Fsp3) is 0.238. The van der Waals surface area contributed by atoms with Crippen LogP contribution in [0.4, 0.5) is 16.2 Å². The minimum atomic E-state index is -1.12. The van der Waals surface area contributed by atoms with E-state index in [0.29, 0.717) is 17.1 Å². The summed E-state index contributed by atoms with van der Waals surface area (Å²) in [5, 5.41) is 11.7. The maximum Gasteiger partial charge on any atom is 0.412 e. The van der Waals surface area contributed by atoms with Crippen molar-refractivity contribution < 1.29 is 23.8 Å². The lowest BCUT2D eigenvalue weighted by Gasteiger charge is -2.11. The number of esters is 1. The fourth-order valence-corrected chi connectivity index (χ4v) is 2.28. The molecule has 0 saturated heterocycles. The van der Waals surface area contributed by atoms with E-state index < -0.39 is 18.0 Å². The molecule has 0 aliphatic rings. The summed E-state index contributed by atoms with van der Waals surface area (Å²) in [5.41, 5.74) is 1.60. The fourth-order valence-electron chi connectivity index (χ4n) is 2.28. The van der Waals surface area contributed by atoms with Gasteiger partial charge in [-0.05, 0) is 30.7 Å². The van der Waals surface area contributed by atoms with Crippen LogP contribution in [0, 0.1) is 17.2 Å². The Hall–Kier alpha value is -3.86. The lowest BCUT2D eigenvalue weighted by Crippen LogP contribution is -2.17. The highest BCUT2D eigenvalue weighted by atomic mass is 16.5. The normalized spacial score (nSPS) is 11.3. The second kappa shape index (κ2) is 11.1. The topological polar surface area (TPSA) is 110 Å². The molecule has 0 aromatic heterocycles. The molecular weight excluding hydrogens is 374 g/mol. The number of benzene rings is 2. The third-order valence-corrected chi connectivity index (χ3v) is 3.68. The van der Waals surface area contributed by atoms with Crippen molar-refractivity contribution in [2.24, 2.45) is 10.9 Å². The Morgan fingerprint density at radius 1 is 1.21 bits per heavy atom. The maximum atomic E-state index is 12.1. The summed E-state index contributed by atoms with van der Waals surface area (Å²) in [5.74, 6) is -1.39. The van der Waals surface area contributed by atoms with Gasteiger partial charge in [0.25, 0.3) is 0 Å². The zero-order valence-corrected chi connectivity index (χ0v) is 16.1. The Balaban J connectivity index is 2.07. The van der Waals surface area contributed by atoms with E-state index in [4.69, 9.17) is 19.5 Å². The summed E-state index contributed by atoms with van der Waals surface area (Å²) in [6.07, 6.45) is 0.534. The van der Waals surface area contributed by atoms with Crippen LogP contribution in [0.25, 0.3) is 0 Å². The number of hydrogen-bond donors (Lipinski definition) is 1. The Bertz CT molecular complexity index is 906. The first kappa shape index (κ1) is 21.4. The average molecular weight is 395 g/mol. The first-order chi connectivity index (χ1) is 14.1. The summed E-state index contributed by atoms with van der Waals surface area (Å²) < 4.78 is 15.2. The van der Waals surface area contributed by atoms with Gasteiger partial charge in [-0.2, -0.15) is 5.26 Å². The Kier molecular flexibility index (Phi) is 8.20. The maximum absolute atomic E-state index is 12.1. The summed E-state index contributed by atoms with van der Waals surface area (Å²) in [7, 11) is 1.46. The van der Waals surface area contributed by atoms with Crippen LogP contribution in [0.5, 0.6) is 5.75 Å². The molecule has 0 bridgehead atoms. The van der Waals surface area contributed by atoms with Crippen LogP contribution in [0.3, 0.4) is 0 Å². The highest BCUT2D eigenvalue weighted by Crippen LogP contribution is 2.29. The SMILES string of the molecule is CCOC(=O)C(C#N)C=Nc1ccc(OC)c(NC(=O)OCc2ccccc2)c1. The van der Waals surface area contributed by atoms with E-state index in [1.54, 1.807) is 25.1 Å². The zero-order chi connectivity index (χ0) is 21.1. The number of anilines is 1. The molecule has 0 saturated carbocycles. The molecule has 8 nitrogen and oxygen atoms in total. The predicted molar refractivity (Wildman–Crippen MR) is 107 cm³/mol. The number of carbonyl (C=O) groups excluding carboxylic acids is 2. The van der Waals surface area contributed by atoms with Crippen LogP contribution in [0.2, 0.25) is 0 Å². The van der Waals surface area contributed by atoms with Crippen LogP contribution < -0.4 is 10.1 Å². The molecule has 2 aromatic rings. The number of nitriles is 1. The first-order valence-electron chi connectivity index (χ1n) is 8.83. The van der Waals surface area contributed by atoms with Gasteiger partial charge in [0.15, 0.2) is 5.92 Å². The molecule has 0 spiro atoms. The molecule has 0 radical (unpaired) electrons. The van der Waals surface area contributed by atoms with Crippen molar-refractivity contribution in [1.29, 1.82) is 5.26 Å². The van der Waals surface area contributed by atoms with Crippen molar-refractivity contribution in [2.45, 2.75) is 13.5 Å².